The van der Waals surface area contributed by atoms with Gasteiger partial charge in [0.1, 0.15) is 5.52 Å². The second-order valence-electron chi connectivity index (χ2n) is 6.75. The van der Waals surface area contributed by atoms with E-state index in [1.165, 1.54) is 32.1 Å². The van der Waals surface area contributed by atoms with E-state index in [2.05, 4.69) is 27.8 Å². The molecule has 0 radical (unpaired) electrons. The number of carbonyl (C=O) groups is 1. The Morgan fingerprint density at radius 2 is 1.79 bits per heavy atom. The van der Waals surface area contributed by atoms with Crippen molar-refractivity contribution in [3.05, 3.63) is 30.9 Å². The zero-order valence-electron chi connectivity index (χ0n) is 17.3. The van der Waals surface area contributed by atoms with Gasteiger partial charge in [0.05, 0.1) is 44.1 Å². The predicted octanol–water partition coefficient (Wildman–Crippen LogP) is 2.60. The maximum atomic E-state index is 8.58. The van der Waals surface area contributed by atoms with E-state index in [0.29, 0.717) is 12.0 Å². The van der Waals surface area contributed by atoms with E-state index in [4.69, 9.17) is 14.3 Å². The third kappa shape index (κ3) is 7.53. The van der Waals surface area contributed by atoms with E-state index >= 15 is 0 Å². The number of nitrogens with two attached hydrogens (primary N) is 1. The summed E-state index contributed by atoms with van der Waals surface area (Å²) in [7, 11) is 3.47. The molecule has 1 unspecified atom stereocenters. The topological polar surface area (TPSA) is 113 Å². The van der Waals surface area contributed by atoms with Crippen molar-refractivity contribution >= 4 is 11.9 Å². The number of fused-ring (bicyclic) bond motifs is 1. The number of epoxide rings is 1. The van der Waals surface area contributed by atoms with Crippen molar-refractivity contribution in [1.29, 1.82) is 0 Å². The highest BCUT2D eigenvalue weighted by Crippen LogP contribution is 2.22. The molecule has 5 rings (SSSR count). The van der Waals surface area contributed by atoms with E-state index < -0.39 is 0 Å². The Labute approximate surface area is 170 Å². The highest BCUT2D eigenvalue weighted by atomic mass is 16.6. The molecular weight excluding hydrogens is 372 g/mol. The van der Waals surface area contributed by atoms with Crippen LogP contribution in [0.1, 0.15) is 39.0 Å². The van der Waals surface area contributed by atoms with Crippen molar-refractivity contribution in [2.75, 3.05) is 13.7 Å². The standard InChI is InChI=1S/C11H11N5O.C5H10.C3H6O.CH3NO/c1-15-6-8(5-13-15)9-7-16-10(3-4-12-16)11(14-9)17-2;1-2-4-5-3-1;1-3-2-4-3;2-1-3/h3-7H,1-2H3;1-5H2;3H,2H2,1H3;1H,(H2,2,3). The Morgan fingerprint density at radius 3 is 2.24 bits per heavy atom. The summed E-state index contributed by atoms with van der Waals surface area (Å²) in [5.41, 5.74) is 6.73. The first-order chi connectivity index (χ1) is 14.1. The fourth-order valence-electron chi connectivity index (χ4n) is 2.72. The second-order valence-corrected chi connectivity index (χ2v) is 6.75. The summed E-state index contributed by atoms with van der Waals surface area (Å²) >= 11 is 0. The minimum Gasteiger partial charge on any atom is -0.479 e. The van der Waals surface area contributed by atoms with E-state index in [1.54, 1.807) is 28.7 Å². The van der Waals surface area contributed by atoms with Crippen molar-refractivity contribution in [2.45, 2.75) is 45.1 Å². The molecule has 3 aromatic rings. The van der Waals surface area contributed by atoms with Gasteiger partial charge in [0.15, 0.2) is 0 Å². The molecule has 1 aliphatic carbocycles. The largest absolute Gasteiger partial charge is 0.479 e. The van der Waals surface area contributed by atoms with Crippen LogP contribution in [0.5, 0.6) is 5.88 Å². The van der Waals surface area contributed by atoms with Crippen molar-refractivity contribution in [3.8, 4) is 17.1 Å². The summed E-state index contributed by atoms with van der Waals surface area (Å²) in [4.78, 5) is 13.0. The highest BCUT2D eigenvalue weighted by molar-refractivity contribution is 5.63. The van der Waals surface area contributed by atoms with Crippen LogP contribution in [0.2, 0.25) is 0 Å². The van der Waals surface area contributed by atoms with Crippen LogP contribution in [0.25, 0.3) is 16.8 Å². The normalized spacial score (nSPS) is 16.4. The van der Waals surface area contributed by atoms with Gasteiger partial charge in [-0.2, -0.15) is 10.2 Å². The predicted molar refractivity (Wildman–Crippen MR) is 110 cm³/mol. The molecule has 29 heavy (non-hydrogen) atoms. The van der Waals surface area contributed by atoms with E-state index in [9.17, 15) is 0 Å². The molecule has 1 atom stereocenters. The molecule has 158 valence electrons. The number of methoxy groups -OCH3 is 1. The van der Waals surface area contributed by atoms with Gasteiger partial charge in [-0.15, -0.1) is 0 Å². The zero-order chi connectivity index (χ0) is 21.1. The lowest BCUT2D eigenvalue weighted by Crippen LogP contribution is -1.97. The molecule has 2 N–H and O–H groups in total. The van der Waals surface area contributed by atoms with Crippen LogP contribution < -0.4 is 10.5 Å². The van der Waals surface area contributed by atoms with Crippen LogP contribution in [0.3, 0.4) is 0 Å². The molecular formula is C20H30N6O3. The highest BCUT2D eigenvalue weighted by Gasteiger charge is 2.13. The molecule has 0 spiro atoms. The van der Waals surface area contributed by atoms with Gasteiger partial charge in [-0.05, 0) is 13.0 Å². The summed E-state index contributed by atoms with van der Waals surface area (Å²) in [5.74, 6) is 0.559. The molecule has 2 aliphatic rings. The van der Waals surface area contributed by atoms with Crippen LogP contribution in [-0.2, 0) is 16.6 Å². The quantitative estimate of drug-likeness (QED) is 0.521. The lowest BCUT2D eigenvalue weighted by molar-refractivity contribution is -0.106. The molecule has 9 heteroatoms. The molecule has 9 nitrogen and oxygen atoms in total. The summed E-state index contributed by atoms with van der Waals surface area (Å²) in [6, 6.07) is 1.86. The van der Waals surface area contributed by atoms with Crippen LogP contribution >= 0.6 is 0 Å². The number of aryl methyl sites for hydroxylation is 1. The maximum absolute atomic E-state index is 8.58. The Balaban J connectivity index is 0.000000203. The van der Waals surface area contributed by atoms with Crippen LogP contribution in [-0.4, -0.2) is 50.6 Å². The zero-order valence-corrected chi connectivity index (χ0v) is 17.3. The minimum atomic E-state index is 0.250. The fraction of sp³-hybridized carbons (Fsp3) is 0.500. The van der Waals surface area contributed by atoms with E-state index in [1.807, 2.05) is 25.5 Å². The Kier molecular flexibility index (Phi) is 9.10. The van der Waals surface area contributed by atoms with Gasteiger partial charge < -0.3 is 15.2 Å². The number of carbonyl (C=O) groups excluding carboxylic acids is 1. The molecule has 1 saturated heterocycles. The average Bonchev–Trinajstić information content (AvgIpc) is 3.21. The monoisotopic (exact) mass is 402 g/mol. The first kappa shape index (κ1) is 22.4. The summed E-state index contributed by atoms with van der Waals surface area (Å²) < 4.78 is 13.4. The van der Waals surface area contributed by atoms with Gasteiger partial charge in [-0.25, -0.2) is 9.50 Å². The van der Waals surface area contributed by atoms with Crippen molar-refractivity contribution in [2.24, 2.45) is 12.8 Å². The molecule has 2 fully saturated rings. The molecule has 0 aromatic carbocycles. The molecule has 1 amide bonds. The molecule has 1 aliphatic heterocycles. The number of primary amides is 1. The fourth-order valence-corrected chi connectivity index (χ4v) is 2.72. The molecule has 0 bridgehead atoms. The smallest absolute Gasteiger partial charge is 0.240 e. The summed E-state index contributed by atoms with van der Waals surface area (Å²) in [6.07, 6.45) is 15.6. The van der Waals surface area contributed by atoms with Crippen molar-refractivity contribution < 1.29 is 14.3 Å². The number of amides is 1. The number of hydrogen-bond donors (Lipinski definition) is 1. The molecule has 3 aromatic heterocycles. The molecule has 1 saturated carbocycles. The Hall–Kier alpha value is -2.94. The average molecular weight is 402 g/mol. The van der Waals surface area contributed by atoms with Crippen LogP contribution in [0, 0.1) is 0 Å². The summed E-state index contributed by atoms with van der Waals surface area (Å²) in [6.45, 7) is 3.04. The van der Waals surface area contributed by atoms with Gasteiger partial charge in [-0.1, -0.05) is 32.1 Å². The first-order valence-corrected chi connectivity index (χ1v) is 9.73. The van der Waals surface area contributed by atoms with Crippen LogP contribution in [0.15, 0.2) is 30.9 Å². The van der Waals surface area contributed by atoms with Crippen LogP contribution in [0.4, 0.5) is 0 Å². The lowest BCUT2D eigenvalue weighted by atomic mass is 10.3. The van der Waals surface area contributed by atoms with Gasteiger partial charge in [0.25, 0.3) is 0 Å². The second kappa shape index (κ2) is 11.8. The minimum absolute atomic E-state index is 0.250. The van der Waals surface area contributed by atoms with E-state index in [-0.39, 0.29) is 6.41 Å². The van der Waals surface area contributed by atoms with Crippen molar-refractivity contribution in [1.82, 2.24) is 24.4 Å². The number of ether oxygens (including phenoxy) is 2. The molecule has 4 heterocycles. The van der Waals surface area contributed by atoms with Gasteiger partial charge in [0, 0.05) is 18.8 Å². The number of rotatable bonds is 2. The Morgan fingerprint density at radius 1 is 1.21 bits per heavy atom. The van der Waals surface area contributed by atoms with Crippen molar-refractivity contribution in [3.63, 3.8) is 0 Å². The SMILES string of the molecule is C1CCCC1.CC1CO1.COc1nc(-c2cnn(C)c2)cn2nccc12.NC=O. The maximum Gasteiger partial charge on any atom is 0.240 e. The lowest BCUT2D eigenvalue weighted by Gasteiger charge is -2.04. The third-order valence-corrected chi connectivity index (χ3v) is 4.30. The third-order valence-electron chi connectivity index (χ3n) is 4.30. The first-order valence-electron chi connectivity index (χ1n) is 9.73. The van der Waals surface area contributed by atoms with Gasteiger partial charge in [0.2, 0.25) is 12.3 Å². The van der Waals surface area contributed by atoms with E-state index in [0.717, 1.165) is 23.4 Å². The Bertz CT molecular complexity index is 860. The summed E-state index contributed by atoms with van der Waals surface area (Å²) in [5, 5.41) is 8.31. The van der Waals surface area contributed by atoms with Gasteiger partial charge >= 0.3 is 0 Å². The number of hydrogen-bond acceptors (Lipinski definition) is 6. The number of nitrogens with zero attached hydrogens (tertiary/aromatic N) is 5. The number of aromatic nitrogens is 5. The van der Waals surface area contributed by atoms with Gasteiger partial charge in [-0.3, -0.25) is 9.48 Å².